The number of esters is 4. The molecule has 1 rings (SSSR count). The lowest BCUT2D eigenvalue weighted by Crippen LogP contribution is -2.43. The molecule has 0 aliphatic carbocycles. The van der Waals surface area contributed by atoms with Crippen LogP contribution in [-0.4, -0.2) is 57.2 Å². The van der Waals surface area contributed by atoms with Crippen LogP contribution in [0.4, 0.5) is 0 Å². The molecule has 0 saturated carbocycles. The van der Waals surface area contributed by atoms with Crippen molar-refractivity contribution in [2.75, 3.05) is 21.3 Å². The van der Waals surface area contributed by atoms with E-state index in [0.717, 1.165) is 0 Å². The highest BCUT2D eigenvalue weighted by molar-refractivity contribution is 5.86. The van der Waals surface area contributed by atoms with Crippen molar-refractivity contribution in [2.24, 2.45) is 0 Å². The van der Waals surface area contributed by atoms with Gasteiger partial charge in [0.2, 0.25) is 5.91 Å². The first-order chi connectivity index (χ1) is 14.3. The predicted molar refractivity (Wildman–Crippen MR) is 102 cm³/mol. The number of carbonyl (C=O) groups is 5. The number of benzene rings is 1. The van der Waals surface area contributed by atoms with Crippen LogP contribution in [0.1, 0.15) is 31.2 Å². The zero-order valence-electron chi connectivity index (χ0n) is 17.1. The predicted octanol–water partition coefficient (Wildman–Crippen LogP) is 0.699. The van der Waals surface area contributed by atoms with Gasteiger partial charge in [0.25, 0.3) is 0 Å². The quantitative estimate of drug-likeness (QED) is 0.310. The van der Waals surface area contributed by atoms with E-state index in [-0.39, 0.29) is 37.9 Å². The molecule has 30 heavy (non-hydrogen) atoms. The van der Waals surface area contributed by atoms with Crippen LogP contribution in [0.2, 0.25) is 0 Å². The molecule has 1 aromatic carbocycles. The SMILES string of the molecule is COC(=O)CCC(=O)NC(Cc1ccc(OC(=O)CCC(=O)OC)cc1)C(=O)OC. The molecule has 0 heterocycles. The Morgan fingerprint density at radius 3 is 1.83 bits per heavy atom. The summed E-state index contributed by atoms with van der Waals surface area (Å²) in [5.41, 5.74) is 0.674. The fourth-order valence-electron chi connectivity index (χ4n) is 2.34. The normalized spacial score (nSPS) is 11.0. The van der Waals surface area contributed by atoms with E-state index in [9.17, 15) is 24.0 Å². The molecular weight excluding hydrogens is 398 g/mol. The maximum absolute atomic E-state index is 12.0. The van der Waals surface area contributed by atoms with Crippen molar-refractivity contribution in [3.05, 3.63) is 29.8 Å². The second-order valence-corrected chi connectivity index (χ2v) is 6.12. The van der Waals surface area contributed by atoms with Crippen molar-refractivity contribution < 1.29 is 42.9 Å². The summed E-state index contributed by atoms with van der Waals surface area (Å²) in [6, 6.07) is 5.35. The van der Waals surface area contributed by atoms with Crippen molar-refractivity contribution in [1.82, 2.24) is 5.32 Å². The molecule has 0 bridgehead atoms. The first kappa shape index (κ1) is 24.6. The average molecular weight is 423 g/mol. The molecule has 0 fully saturated rings. The lowest BCUT2D eigenvalue weighted by Gasteiger charge is -2.16. The van der Waals surface area contributed by atoms with Crippen LogP contribution in [-0.2, 0) is 44.6 Å². The molecule has 0 spiro atoms. The van der Waals surface area contributed by atoms with Gasteiger partial charge in [-0.3, -0.25) is 19.2 Å². The number of carbonyl (C=O) groups excluding carboxylic acids is 5. The number of hydrogen-bond acceptors (Lipinski definition) is 9. The van der Waals surface area contributed by atoms with Gasteiger partial charge in [-0.2, -0.15) is 0 Å². The van der Waals surface area contributed by atoms with Gasteiger partial charge in [-0.05, 0) is 17.7 Å². The topological polar surface area (TPSA) is 134 Å². The van der Waals surface area contributed by atoms with E-state index in [1.807, 2.05) is 0 Å². The number of amides is 1. The largest absolute Gasteiger partial charge is 0.469 e. The third kappa shape index (κ3) is 9.18. The van der Waals surface area contributed by atoms with Gasteiger partial charge in [-0.25, -0.2) is 4.79 Å². The summed E-state index contributed by atoms with van der Waals surface area (Å²) in [7, 11) is 3.65. The van der Waals surface area contributed by atoms with Crippen LogP contribution in [0, 0.1) is 0 Å². The highest BCUT2D eigenvalue weighted by atomic mass is 16.5. The molecule has 10 nitrogen and oxygen atoms in total. The van der Waals surface area contributed by atoms with Crippen LogP contribution in [0.25, 0.3) is 0 Å². The van der Waals surface area contributed by atoms with Crippen molar-refractivity contribution in [3.63, 3.8) is 0 Å². The van der Waals surface area contributed by atoms with E-state index >= 15 is 0 Å². The van der Waals surface area contributed by atoms with E-state index in [4.69, 9.17) is 9.47 Å². The minimum Gasteiger partial charge on any atom is -0.469 e. The van der Waals surface area contributed by atoms with Crippen molar-refractivity contribution in [1.29, 1.82) is 0 Å². The summed E-state index contributed by atoms with van der Waals surface area (Å²) in [5.74, 6) is -2.49. The maximum Gasteiger partial charge on any atom is 0.328 e. The molecule has 1 amide bonds. The number of methoxy groups -OCH3 is 3. The van der Waals surface area contributed by atoms with Gasteiger partial charge in [-0.1, -0.05) is 12.1 Å². The van der Waals surface area contributed by atoms with Crippen LogP contribution in [0.3, 0.4) is 0 Å². The molecule has 10 heteroatoms. The van der Waals surface area contributed by atoms with Crippen LogP contribution in [0.15, 0.2) is 24.3 Å². The average Bonchev–Trinajstić information content (AvgIpc) is 2.75. The van der Waals surface area contributed by atoms with Crippen molar-refractivity contribution in [3.8, 4) is 5.75 Å². The van der Waals surface area contributed by atoms with E-state index in [1.54, 1.807) is 12.1 Å². The van der Waals surface area contributed by atoms with E-state index in [1.165, 1.54) is 33.5 Å². The summed E-state index contributed by atoms with van der Waals surface area (Å²) in [6.07, 6.45) is -0.291. The van der Waals surface area contributed by atoms with Gasteiger partial charge >= 0.3 is 23.9 Å². The number of ether oxygens (including phenoxy) is 4. The zero-order chi connectivity index (χ0) is 22.5. The highest BCUT2D eigenvalue weighted by Crippen LogP contribution is 2.15. The minimum atomic E-state index is -0.950. The Kier molecular flexibility index (Phi) is 10.6. The van der Waals surface area contributed by atoms with Gasteiger partial charge in [0.15, 0.2) is 0 Å². The van der Waals surface area contributed by atoms with Crippen molar-refractivity contribution >= 4 is 29.8 Å². The molecule has 0 radical (unpaired) electrons. The Hall–Kier alpha value is -3.43. The Balaban J connectivity index is 2.64. The number of hydrogen-bond donors (Lipinski definition) is 1. The second-order valence-electron chi connectivity index (χ2n) is 6.12. The first-order valence-corrected chi connectivity index (χ1v) is 9.09. The second kappa shape index (κ2) is 12.9. The monoisotopic (exact) mass is 423 g/mol. The molecular formula is C20H25NO9. The molecule has 0 aromatic heterocycles. The maximum atomic E-state index is 12.0. The number of rotatable bonds is 11. The van der Waals surface area contributed by atoms with Gasteiger partial charge in [-0.15, -0.1) is 0 Å². The molecule has 1 unspecified atom stereocenters. The Morgan fingerprint density at radius 2 is 1.30 bits per heavy atom. The molecule has 0 saturated heterocycles. The Bertz CT molecular complexity index is 758. The fourth-order valence-corrected chi connectivity index (χ4v) is 2.34. The van der Waals surface area contributed by atoms with E-state index in [2.05, 4.69) is 14.8 Å². The summed E-state index contributed by atoms with van der Waals surface area (Å²) in [6.45, 7) is 0. The van der Waals surface area contributed by atoms with Crippen LogP contribution in [0.5, 0.6) is 5.75 Å². The Morgan fingerprint density at radius 1 is 0.767 bits per heavy atom. The van der Waals surface area contributed by atoms with Gasteiger partial charge < -0.3 is 24.3 Å². The Labute approximate surface area is 173 Å². The zero-order valence-corrected chi connectivity index (χ0v) is 17.1. The van der Waals surface area contributed by atoms with E-state index < -0.39 is 35.8 Å². The van der Waals surface area contributed by atoms with E-state index in [0.29, 0.717) is 5.56 Å². The third-order valence-corrected chi connectivity index (χ3v) is 3.96. The van der Waals surface area contributed by atoms with Gasteiger partial charge in [0.1, 0.15) is 11.8 Å². The van der Waals surface area contributed by atoms with Gasteiger partial charge in [0, 0.05) is 12.8 Å². The first-order valence-electron chi connectivity index (χ1n) is 9.09. The lowest BCUT2D eigenvalue weighted by atomic mass is 10.1. The molecule has 1 aromatic rings. The molecule has 164 valence electrons. The molecule has 1 atom stereocenters. The molecule has 0 aliphatic heterocycles. The summed E-state index contributed by atoms with van der Waals surface area (Å²) in [4.78, 5) is 57.8. The lowest BCUT2D eigenvalue weighted by molar-refractivity contribution is -0.145. The molecule has 0 aliphatic rings. The standard InChI is InChI=1S/C20H25NO9/c1-27-17(23)9-8-16(22)21-15(20(26)29-3)12-13-4-6-14(7-5-13)30-19(25)11-10-18(24)28-2/h4-7,15H,8-12H2,1-3H3,(H,21,22). The number of nitrogens with one attached hydrogen (secondary N) is 1. The summed E-state index contributed by atoms with van der Waals surface area (Å²) in [5, 5.41) is 2.52. The third-order valence-electron chi connectivity index (χ3n) is 3.96. The highest BCUT2D eigenvalue weighted by Gasteiger charge is 2.22. The fraction of sp³-hybridized carbons (Fsp3) is 0.450. The molecule has 1 N–H and O–H groups in total. The van der Waals surface area contributed by atoms with Crippen LogP contribution < -0.4 is 10.1 Å². The smallest absolute Gasteiger partial charge is 0.328 e. The van der Waals surface area contributed by atoms with Crippen LogP contribution >= 0.6 is 0 Å². The summed E-state index contributed by atoms with van der Waals surface area (Å²) < 4.78 is 18.8. The van der Waals surface area contributed by atoms with Crippen molar-refractivity contribution in [2.45, 2.75) is 38.1 Å². The summed E-state index contributed by atoms with van der Waals surface area (Å²) >= 11 is 0. The van der Waals surface area contributed by atoms with Gasteiger partial charge in [0.05, 0.1) is 40.6 Å². The minimum absolute atomic E-state index is 0.0795.